The van der Waals surface area contributed by atoms with Gasteiger partial charge in [0, 0.05) is 17.8 Å². The molecule has 1 heterocycles. The fraction of sp³-hybridized carbons (Fsp3) is 0.600. The van der Waals surface area contributed by atoms with E-state index in [9.17, 15) is 4.79 Å². The van der Waals surface area contributed by atoms with Crippen molar-refractivity contribution in [2.45, 2.75) is 32.9 Å². The highest BCUT2D eigenvalue weighted by atomic mass is 16.5. The molecule has 84 valence electrons. The van der Waals surface area contributed by atoms with E-state index in [4.69, 9.17) is 10.5 Å². The number of nitrogens with two attached hydrogens (primary N) is 1. The summed E-state index contributed by atoms with van der Waals surface area (Å²) in [6.45, 7) is 6.10. The van der Waals surface area contributed by atoms with Gasteiger partial charge in [-0.05, 0) is 20.8 Å². The van der Waals surface area contributed by atoms with Gasteiger partial charge in [0.2, 0.25) is 0 Å². The molecule has 2 N–H and O–H groups in total. The Bertz CT molecular complexity index is 333. The first-order chi connectivity index (χ1) is 7.06. The van der Waals surface area contributed by atoms with Crippen molar-refractivity contribution in [3.05, 3.63) is 18.0 Å². The first-order valence-electron chi connectivity index (χ1n) is 5.02. The van der Waals surface area contributed by atoms with E-state index in [1.807, 2.05) is 13.8 Å². The van der Waals surface area contributed by atoms with Crippen LogP contribution >= 0.6 is 0 Å². The normalized spacial score (nSPS) is 12.9. The van der Waals surface area contributed by atoms with Crippen molar-refractivity contribution in [2.75, 3.05) is 6.61 Å². The van der Waals surface area contributed by atoms with Gasteiger partial charge in [0.15, 0.2) is 0 Å². The standard InChI is InChI=1S/C10H17N3O2/c1-4-15-10(14)9(11)8-5-12-13(6-8)7(2)3/h5-7,9H,4,11H2,1-3H3. The van der Waals surface area contributed by atoms with Crippen molar-refractivity contribution in [2.24, 2.45) is 5.73 Å². The molecule has 15 heavy (non-hydrogen) atoms. The van der Waals surface area contributed by atoms with Gasteiger partial charge in [-0.2, -0.15) is 5.10 Å². The monoisotopic (exact) mass is 211 g/mol. The van der Waals surface area contributed by atoms with Gasteiger partial charge in [-0.15, -0.1) is 0 Å². The molecule has 0 aliphatic carbocycles. The predicted octanol–water partition coefficient (Wildman–Crippen LogP) is 1.03. The van der Waals surface area contributed by atoms with Crippen molar-refractivity contribution in [3.8, 4) is 0 Å². The number of nitrogens with zero attached hydrogens (tertiary/aromatic N) is 2. The van der Waals surface area contributed by atoms with E-state index in [0.29, 0.717) is 12.2 Å². The predicted molar refractivity (Wildman–Crippen MR) is 56.2 cm³/mol. The molecule has 0 fully saturated rings. The second-order valence-electron chi connectivity index (χ2n) is 3.58. The maximum absolute atomic E-state index is 11.3. The van der Waals surface area contributed by atoms with Gasteiger partial charge in [-0.1, -0.05) is 0 Å². The molecular weight excluding hydrogens is 194 g/mol. The lowest BCUT2D eigenvalue weighted by Gasteiger charge is -2.08. The van der Waals surface area contributed by atoms with Crippen molar-refractivity contribution < 1.29 is 9.53 Å². The van der Waals surface area contributed by atoms with Crippen LogP contribution < -0.4 is 5.73 Å². The molecule has 1 rings (SSSR count). The van der Waals surface area contributed by atoms with Gasteiger partial charge in [0.1, 0.15) is 6.04 Å². The molecule has 0 saturated heterocycles. The van der Waals surface area contributed by atoms with E-state index >= 15 is 0 Å². The molecule has 1 atom stereocenters. The molecule has 5 heteroatoms. The van der Waals surface area contributed by atoms with E-state index in [-0.39, 0.29) is 6.04 Å². The molecule has 0 saturated carbocycles. The van der Waals surface area contributed by atoms with E-state index in [1.54, 1.807) is 24.0 Å². The van der Waals surface area contributed by atoms with E-state index < -0.39 is 12.0 Å². The maximum Gasteiger partial charge on any atom is 0.327 e. The summed E-state index contributed by atoms with van der Waals surface area (Å²) in [6, 6.07) is -0.481. The lowest BCUT2D eigenvalue weighted by atomic mass is 10.2. The minimum atomic E-state index is -0.738. The van der Waals surface area contributed by atoms with Crippen LogP contribution in [0.3, 0.4) is 0 Å². The molecule has 1 unspecified atom stereocenters. The summed E-state index contributed by atoms with van der Waals surface area (Å²) in [5.41, 5.74) is 6.39. The molecule has 5 nitrogen and oxygen atoms in total. The Labute approximate surface area is 89.2 Å². The number of ether oxygens (including phenoxy) is 1. The van der Waals surface area contributed by atoms with Gasteiger partial charge in [0.05, 0.1) is 12.8 Å². The molecule has 0 aliphatic heterocycles. The molecule has 0 radical (unpaired) electrons. The SMILES string of the molecule is CCOC(=O)C(N)c1cnn(C(C)C)c1. The molecule has 0 spiro atoms. The molecule has 0 aromatic carbocycles. The Morgan fingerprint density at radius 2 is 2.33 bits per heavy atom. The molecule has 0 amide bonds. The summed E-state index contributed by atoms with van der Waals surface area (Å²) in [4.78, 5) is 11.3. The molecule has 0 aliphatic rings. The summed E-state index contributed by atoms with van der Waals surface area (Å²) in [7, 11) is 0. The van der Waals surface area contributed by atoms with Crippen LogP contribution in [-0.2, 0) is 9.53 Å². The van der Waals surface area contributed by atoms with E-state index in [0.717, 1.165) is 0 Å². The zero-order valence-corrected chi connectivity index (χ0v) is 9.30. The van der Waals surface area contributed by atoms with E-state index in [2.05, 4.69) is 5.10 Å². The first-order valence-corrected chi connectivity index (χ1v) is 5.02. The highest BCUT2D eigenvalue weighted by molar-refractivity contribution is 5.77. The largest absolute Gasteiger partial charge is 0.465 e. The number of carbonyl (C=O) groups excluding carboxylic acids is 1. The summed E-state index contributed by atoms with van der Waals surface area (Å²) in [5.74, 6) is -0.416. The third kappa shape index (κ3) is 2.79. The lowest BCUT2D eigenvalue weighted by Crippen LogP contribution is -2.23. The van der Waals surface area contributed by atoms with Crippen LogP contribution in [0.25, 0.3) is 0 Å². The Morgan fingerprint density at radius 1 is 1.67 bits per heavy atom. The van der Waals surface area contributed by atoms with Crippen LogP contribution in [0.2, 0.25) is 0 Å². The minimum Gasteiger partial charge on any atom is -0.465 e. The highest BCUT2D eigenvalue weighted by Gasteiger charge is 2.18. The zero-order chi connectivity index (χ0) is 11.4. The smallest absolute Gasteiger partial charge is 0.327 e. The Morgan fingerprint density at radius 3 is 2.80 bits per heavy atom. The quantitative estimate of drug-likeness (QED) is 0.755. The van der Waals surface area contributed by atoms with Crippen LogP contribution in [0.15, 0.2) is 12.4 Å². The molecule has 0 bridgehead atoms. The maximum atomic E-state index is 11.3. The summed E-state index contributed by atoms with van der Waals surface area (Å²) >= 11 is 0. The van der Waals surface area contributed by atoms with Crippen molar-refractivity contribution in [3.63, 3.8) is 0 Å². The fourth-order valence-corrected chi connectivity index (χ4v) is 1.16. The number of rotatable bonds is 4. The van der Waals surface area contributed by atoms with Crippen LogP contribution in [0.1, 0.15) is 38.4 Å². The minimum absolute atomic E-state index is 0.258. The number of esters is 1. The average Bonchev–Trinajstić information content (AvgIpc) is 2.65. The van der Waals surface area contributed by atoms with Gasteiger partial charge >= 0.3 is 5.97 Å². The number of aromatic nitrogens is 2. The summed E-state index contributed by atoms with van der Waals surface area (Å²) < 4.78 is 6.59. The Kier molecular flexibility index (Phi) is 3.85. The van der Waals surface area contributed by atoms with Gasteiger partial charge in [0.25, 0.3) is 0 Å². The summed E-state index contributed by atoms with van der Waals surface area (Å²) in [6.07, 6.45) is 3.37. The highest BCUT2D eigenvalue weighted by Crippen LogP contribution is 2.13. The second kappa shape index (κ2) is 4.93. The average molecular weight is 211 g/mol. The zero-order valence-electron chi connectivity index (χ0n) is 9.30. The van der Waals surface area contributed by atoms with Crippen LogP contribution in [0, 0.1) is 0 Å². The van der Waals surface area contributed by atoms with Gasteiger partial charge in [-0.25, -0.2) is 4.79 Å². The van der Waals surface area contributed by atoms with Gasteiger partial charge < -0.3 is 10.5 Å². The van der Waals surface area contributed by atoms with Crippen LogP contribution in [-0.4, -0.2) is 22.4 Å². The molecule has 1 aromatic rings. The lowest BCUT2D eigenvalue weighted by molar-refractivity contribution is -0.144. The van der Waals surface area contributed by atoms with Crippen LogP contribution in [0.4, 0.5) is 0 Å². The van der Waals surface area contributed by atoms with Gasteiger partial charge in [-0.3, -0.25) is 4.68 Å². The number of hydrogen-bond acceptors (Lipinski definition) is 4. The van der Waals surface area contributed by atoms with Crippen molar-refractivity contribution in [1.29, 1.82) is 0 Å². The van der Waals surface area contributed by atoms with Crippen molar-refractivity contribution in [1.82, 2.24) is 9.78 Å². The van der Waals surface area contributed by atoms with Crippen LogP contribution in [0.5, 0.6) is 0 Å². The van der Waals surface area contributed by atoms with E-state index in [1.165, 1.54) is 0 Å². The molecular formula is C10H17N3O2. The Balaban J connectivity index is 2.73. The first kappa shape index (κ1) is 11.7. The third-order valence-electron chi connectivity index (χ3n) is 2.05. The number of carbonyl (C=O) groups is 1. The molecule has 1 aromatic heterocycles. The fourth-order valence-electron chi connectivity index (χ4n) is 1.16. The number of hydrogen-bond donors (Lipinski definition) is 1. The summed E-state index contributed by atoms with van der Waals surface area (Å²) in [5, 5.41) is 4.11. The third-order valence-corrected chi connectivity index (χ3v) is 2.05. The Hall–Kier alpha value is -1.36. The topological polar surface area (TPSA) is 70.1 Å². The van der Waals surface area contributed by atoms with Crippen molar-refractivity contribution >= 4 is 5.97 Å². The second-order valence-corrected chi connectivity index (χ2v) is 3.58.